The minimum absolute atomic E-state index is 0.144. The van der Waals surface area contributed by atoms with E-state index >= 15 is 0 Å². The Labute approximate surface area is 123 Å². The van der Waals surface area contributed by atoms with E-state index in [0.29, 0.717) is 10.6 Å². The average molecular weight is 304 g/mol. The molecule has 0 saturated heterocycles. The molecule has 0 fully saturated rings. The van der Waals surface area contributed by atoms with Gasteiger partial charge in [0.2, 0.25) is 0 Å². The van der Waals surface area contributed by atoms with E-state index in [0.717, 1.165) is 31.5 Å². The molecule has 0 saturated carbocycles. The molecule has 1 N–H and O–H groups in total. The first kappa shape index (κ1) is 16.9. The lowest BCUT2D eigenvalue weighted by molar-refractivity contribution is -0.0499. The Morgan fingerprint density at radius 2 is 2.15 bits per heavy atom. The number of halogens is 3. The smallest absolute Gasteiger partial charge is 0.387 e. The Hall–Kier alpha value is -1.13. The number of ether oxygens (including phenoxy) is 1. The zero-order valence-corrected chi connectivity index (χ0v) is 12.5. The van der Waals surface area contributed by atoms with Crippen molar-refractivity contribution in [2.24, 2.45) is 0 Å². The topological polar surface area (TPSA) is 21.3 Å². The predicted molar refractivity (Wildman–Crippen MR) is 79.5 cm³/mol. The Morgan fingerprint density at radius 3 is 2.75 bits per heavy atom. The summed E-state index contributed by atoms with van der Waals surface area (Å²) in [6, 6.07) is 4.64. The Bertz CT molecular complexity index is 449. The second kappa shape index (κ2) is 8.93. The maximum atomic E-state index is 12.4. The van der Waals surface area contributed by atoms with E-state index in [1.165, 1.54) is 12.1 Å². The minimum Gasteiger partial charge on any atom is -0.434 e. The first-order valence-corrected chi connectivity index (χ1v) is 7.09. The van der Waals surface area contributed by atoms with Gasteiger partial charge < -0.3 is 10.1 Å². The van der Waals surface area contributed by atoms with Gasteiger partial charge in [-0.25, -0.2) is 0 Å². The van der Waals surface area contributed by atoms with Crippen LogP contribution in [0.4, 0.5) is 8.78 Å². The van der Waals surface area contributed by atoms with E-state index in [-0.39, 0.29) is 5.75 Å². The molecule has 1 rings (SSSR count). The fourth-order valence-corrected chi connectivity index (χ4v) is 1.94. The summed E-state index contributed by atoms with van der Waals surface area (Å²) in [4.78, 5) is 0. The molecular weight excluding hydrogens is 284 g/mol. The second-order valence-corrected chi connectivity index (χ2v) is 4.83. The first-order chi connectivity index (χ1) is 9.56. The second-order valence-electron chi connectivity index (χ2n) is 4.39. The van der Waals surface area contributed by atoms with Crippen LogP contribution in [-0.4, -0.2) is 19.7 Å². The van der Waals surface area contributed by atoms with E-state index < -0.39 is 6.61 Å². The van der Waals surface area contributed by atoms with E-state index in [2.05, 4.69) is 17.0 Å². The fraction of sp³-hybridized carbons (Fsp3) is 0.467. The highest BCUT2D eigenvalue weighted by Gasteiger charge is 2.09. The number of alkyl halides is 2. The molecule has 0 spiro atoms. The number of hydrogen-bond acceptors (Lipinski definition) is 2. The highest BCUT2D eigenvalue weighted by molar-refractivity contribution is 6.30. The summed E-state index contributed by atoms with van der Waals surface area (Å²) in [5.74, 6) is 0.144. The molecule has 0 unspecified atom stereocenters. The zero-order chi connectivity index (χ0) is 15.0. The van der Waals surface area contributed by atoms with Crippen molar-refractivity contribution in [1.29, 1.82) is 0 Å². The number of rotatable bonds is 8. The third-order valence-corrected chi connectivity index (χ3v) is 3.02. The van der Waals surface area contributed by atoms with Gasteiger partial charge in [-0.3, -0.25) is 0 Å². The summed E-state index contributed by atoms with van der Waals surface area (Å²) in [5.41, 5.74) is 1.69. The maximum Gasteiger partial charge on any atom is 0.387 e. The Kier molecular flexibility index (Phi) is 7.55. The van der Waals surface area contributed by atoms with Crippen molar-refractivity contribution in [3.05, 3.63) is 34.4 Å². The molecule has 0 aliphatic carbocycles. The molecule has 0 amide bonds. The van der Waals surface area contributed by atoms with Crippen LogP contribution in [0.15, 0.2) is 23.8 Å². The normalized spacial score (nSPS) is 12.0. The van der Waals surface area contributed by atoms with E-state index in [4.69, 9.17) is 11.6 Å². The summed E-state index contributed by atoms with van der Waals surface area (Å²) in [5, 5.41) is 3.79. The van der Waals surface area contributed by atoms with Crippen molar-refractivity contribution in [2.75, 3.05) is 13.1 Å². The molecule has 1 aromatic rings. The third kappa shape index (κ3) is 5.88. The van der Waals surface area contributed by atoms with Crippen LogP contribution in [-0.2, 0) is 0 Å². The first-order valence-electron chi connectivity index (χ1n) is 6.71. The Morgan fingerprint density at radius 1 is 1.40 bits per heavy atom. The maximum absolute atomic E-state index is 12.4. The van der Waals surface area contributed by atoms with Gasteiger partial charge in [-0.15, -0.1) is 0 Å². The van der Waals surface area contributed by atoms with Crippen LogP contribution in [0, 0.1) is 0 Å². The lowest BCUT2D eigenvalue weighted by atomic mass is 10.1. The summed E-state index contributed by atoms with van der Waals surface area (Å²) >= 11 is 5.92. The number of nitrogens with one attached hydrogen (secondary N) is 1. The SMILES string of the molecule is CCCNCC(=Cc1cc(Cl)ccc1OC(F)F)CC. The molecule has 0 heterocycles. The van der Waals surface area contributed by atoms with E-state index in [1.54, 1.807) is 6.07 Å². The molecule has 0 aliphatic rings. The summed E-state index contributed by atoms with van der Waals surface area (Å²) < 4.78 is 29.3. The highest BCUT2D eigenvalue weighted by Crippen LogP contribution is 2.27. The molecule has 1 aromatic carbocycles. The number of benzene rings is 1. The zero-order valence-electron chi connectivity index (χ0n) is 11.8. The molecule has 2 nitrogen and oxygen atoms in total. The van der Waals surface area contributed by atoms with Crippen molar-refractivity contribution in [3.8, 4) is 5.75 Å². The van der Waals surface area contributed by atoms with Crippen molar-refractivity contribution >= 4 is 17.7 Å². The molecule has 0 aromatic heterocycles. The molecule has 112 valence electrons. The van der Waals surface area contributed by atoms with Gasteiger partial charge >= 0.3 is 6.61 Å². The van der Waals surface area contributed by atoms with Crippen molar-refractivity contribution in [3.63, 3.8) is 0 Å². The van der Waals surface area contributed by atoms with Crippen LogP contribution >= 0.6 is 11.6 Å². The molecule has 20 heavy (non-hydrogen) atoms. The van der Waals surface area contributed by atoms with E-state index in [9.17, 15) is 8.78 Å². The third-order valence-electron chi connectivity index (χ3n) is 2.78. The fourth-order valence-electron chi connectivity index (χ4n) is 1.76. The van der Waals surface area contributed by atoms with E-state index in [1.807, 2.05) is 13.0 Å². The summed E-state index contributed by atoms with van der Waals surface area (Å²) in [6.45, 7) is 2.93. The van der Waals surface area contributed by atoms with Crippen LogP contribution in [0.2, 0.25) is 5.02 Å². The molecular formula is C15H20ClF2NO. The number of hydrogen-bond donors (Lipinski definition) is 1. The Balaban J connectivity index is 2.93. The van der Waals surface area contributed by atoms with Gasteiger partial charge in [-0.1, -0.05) is 37.1 Å². The van der Waals surface area contributed by atoms with Gasteiger partial charge in [0.05, 0.1) is 0 Å². The quantitative estimate of drug-likeness (QED) is 0.701. The predicted octanol–water partition coefficient (Wildman–Crippen LogP) is 4.73. The summed E-state index contributed by atoms with van der Waals surface area (Å²) in [7, 11) is 0. The highest BCUT2D eigenvalue weighted by atomic mass is 35.5. The van der Waals surface area contributed by atoms with Gasteiger partial charge in [-0.2, -0.15) is 8.78 Å². The van der Waals surface area contributed by atoms with Crippen LogP contribution in [0.3, 0.4) is 0 Å². The largest absolute Gasteiger partial charge is 0.434 e. The molecule has 0 bridgehead atoms. The molecule has 0 atom stereocenters. The van der Waals surface area contributed by atoms with Crippen molar-refractivity contribution in [2.45, 2.75) is 33.3 Å². The van der Waals surface area contributed by atoms with Gasteiger partial charge in [-0.05, 0) is 37.6 Å². The molecule has 0 aliphatic heterocycles. The lowest BCUT2D eigenvalue weighted by Crippen LogP contribution is -2.17. The standard InChI is InChI=1S/C15H20ClF2NO/c1-3-7-19-10-11(4-2)8-12-9-13(16)5-6-14(12)20-15(17)18/h5-6,8-9,15,19H,3-4,7,10H2,1-2H3. The van der Waals surface area contributed by atoms with Crippen LogP contribution in [0.1, 0.15) is 32.3 Å². The van der Waals surface area contributed by atoms with Gasteiger partial charge in [0.25, 0.3) is 0 Å². The molecule has 5 heteroatoms. The van der Waals surface area contributed by atoms with Gasteiger partial charge in [0, 0.05) is 17.1 Å². The van der Waals surface area contributed by atoms with Crippen LogP contribution in [0.25, 0.3) is 6.08 Å². The lowest BCUT2D eigenvalue weighted by Gasteiger charge is -2.11. The van der Waals surface area contributed by atoms with Gasteiger partial charge in [0.1, 0.15) is 5.75 Å². The van der Waals surface area contributed by atoms with Crippen molar-refractivity contribution in [1.82, 2.24) is 5.32 Å². The minimum atomic E-state index is -2.84. The average Bonchev–Trinajstić information content (AvgIpc) is 2.40. The molecule has 0 radical (unpaired) electrons. The van der Waals surface area contributed by atoms with Crippen molar-refractivity contribution < 1.29 is 13.5 Å². The summed E-state index contributed by atoms with van der Waals surface area (Å²) in [6.07, 6.45) is 3.73. The van der Waals surface area contributed by atoms with Crippen LogP contribution < -0.4 is 10.1 Å². The van der Waals surface area contributed by atoms with Gasteiger partial charge in [0.15, 0.2) is 0 Å². The monoisotopic (exact) mass is 303 g/mol. The van der Waals surface area contributed by atoms with Crippen LogP contribution in [0.5, 0.6) is 5.75 Å².